The van der Waals surface area contributed by atoms with Gasteiger partial charge in [0.25, 0.3) is 0 Å². The van der Waals surface area contributed by atoms with Gasteiger partial charge in [0.2, 0.25) is 0 Å². The SMILES string of the molecule is Cc1cccc(/C=C/CC(=O)Cc2ccccn2)c1. The third-order valence-corrected chi connectivity index (χ3v) is 2.80. The molecule has 0 bridgehead atoms. The number of carbonyl (C=O) groups is 1. The Labute approximate surface area is 113 Å². The van der Waals surface area contributed by atoms with Crippen molar-refractivity contribution in [2.75, 3.05) is 0 Å². The molecule has 0 aliphatic rings. The first-order valence-electron chi connectivity index (χ1n) is 6.39. The highest BCUT2D eigenvalue weighted by atomic mass is 16.1. The minimum absolute atomic E-state index is 0.183. The van der Waals surface area contributed by atoms with Crippen molar-refractivity contribution in [3.05, 3.63) is 71.6 Å². The van der Waals surface area contributed by atoms with Gasteiger partial charge in [0.15, 0.2) is 0 Å². The Kier molecular flexibility index (Phi) is 4.62. The first-order valence-corrected chi connectivity index (χ1v) is 6.39. The Morgan fingerprint density at radius 3 is 2.84 bits per heavy atom. The van der Waals surface area contributed by atoms with E-state index in [0.29, 0.717) is 12.8 Å². The highest BCUT2D eigenvalue weighted by molar-refractivity contribution is 5.82. The zero-order valence-electron chi connectivity index (χ0n) is 11.0. The third kappa shape index (κ3) is 4.51. The molecule has 2 heteroatoms. The maximum absolute atomic E-state index is 11.8. The largest absolute Gasteiger partial charge is 0.299 e. The number of pyridine rings is 1. The van der Waals surface area contributed by atoms with Gasteiger partial charge in [-0.3, -0.25) is 9.78 Å². The highest BCUT2D eigenvalue weighted by Gasteiger charge is 2.01. The van der Waals surface area contributed by atoms with Gasteiger partial charge in [0, 0.05) is 24.7 Å². The molecule has 0 atom stereocenters. The predicted molar refractivity (Wildman–Crippen MR) is 77.8 cm³/mol. The van der Waals surface area contributed by atoms with E-state index in [1.807, 2.05) is 42.5 Å². The van der Waals surface area contributed by atoms with Gasteiger partial charge < -0.3 is 0 Å². The van der Waals surface area contributed by atoms with E-state index in [0.717, 1.165) is 11.3 Å². The fourth-order valence-corrected chi connectivity index (χ4v) is 1.88. The van der Waals surface area contributed by atoms with Crippen LogP contribution < -0.4 is 0 Å². The van der Waals surface area contributed by atoms with Crippen molar-refractivity contribution >= 4 is 11.9 Å². The van der Waals surface area contributed by atoms with Crippen molar-refractivity contribution in [1.82, 2.24) is 4.98 Å². The zero-order valence-corrected chi connectivity index (χ0v) is 11.0. The summed E-state index contributed by atoms with van der Waals surface area (Å²) < 4.78 is 0. The molecular weight excluding hydrogens is 234 g/mol. The Balaban J connectivity index is 1.87. The van der Waals surface area contributed by atoms with Crippen molar-refractivity contribution in [3.8, 4) is 0 Å². The lowest BCUT2D eigenvalue weighted by atomic mass is 10.1. The standard InChI is InChI=1S/C17H17NO/c1-14-6-4-7-15(12-14)8-5-10-17(19)13-16-9-2-3-11-18-16/h2-9,11-12H,10,13H2,1H3/b8-5+. The van der Waals surface area contributed by atoms with E-state index >= 15 is 0 Å². The van der Waals surface area contributed by atoms with E-state index in [-0.39, 0.29) is 5.78 Å². The number of benzene rings is 1. The predicted octanol–water partition coefficient (Wildman–Crippen LogP) is 3.61. The van der Waals surface area contributed by atoms with Crippen LogP contribution in [0.4, 0.5) is 0 Å². The van der Waals surface area contributed by atoms with Crippen LogP contribution in [0.25, 0.3) is 6.08 Å². The van der Waals surface area contributed by atoms with Crippen LogP contribution in [0.1, 0.15) is 23.2 Å². The van der Waals surface area contributed by atoms with Crippen molar-refractivity contribution in [3.63, 3.8) is 0 Å². The highest BCUT2D eigenvalue weighted by Crippen LogP contribution is 2.07. The van der Waals surface area contributed by atoms with E-state index in [1.165, 1.54) is 5.56 Å². The van der Waals surface area contributed by atoms with E-state index in [1.54, 1.807) is 6.20 Å². The Morgan fingerprint density at radius 2 is 2.11 bits per heavy atom. The summed E-state index contributed by atoms with van der Waals surface area (Å²) in [7, 11) is 0. The second-order valence-corrected chi connectivity index (χ2v) is 4.56. The third-order valence-electron chi connectivity index (χ3n) is 2.80. The minimum atomic E-state index is 0.183. The number of allylic oxidation sites excluding steroid dienone is 1. The Hall–Kier alpha value is -2.22. The molecule has 1 aromatic carbocycles. The maximum Gasteiger partial charge on any atom is 0.142 e. The van der Waals surface area contributed by atoms with Crippen LogP contribution in [0.5, 0.6) is 0 Å². The first-order chi connectivity index (χ1) is 9.24. The number of ketones is 1. The number of carbonyl (C=O) groups excluding carboxylic acids is 1. The average molecular weight is 251 g/mol. The number of hydrogen-bond donors (Lipinski definition) is 0. The van der Waals surface area contributed by atoms with Crippen molar-refractivity contribution in [2.24, 2.45) is 0 Å². The van der Waals surface area contributed by atoms with Gasteiger partial charge in [0.05, 0.1) is 0 Å². The first kappa shape index (κ1) is 13.2. The lowest BCUT2D eigenvalue weighted by Crippen LogP contribution is -2.02. The number of nitrogens with zero attached hydrogens (tertiary/aromatic N) is 1. The fourth-order valence-electron chi connectivity index (χ4n) is 1.88. The van der Waals surface area contributed by atoms with Gasteiger partial charge in [0.1, 0.15) is 5.78 Å². The Bertz CT molecular complexity index is 573. The van der Waals surface area contributed by atoms with E-state index < -0.39 is 0 Å². The molecule has 0 unspecified atom stereocenters. The van der Waals surface area contributed by atoms with Crippen LogP contribution in [-0.4, -0.2) is 10.8 Å². The summed E-state index contributed by atoms with van der Waals surface area (Å²) in [5.74, 6) is 0.183. The lowest BCUT2D eigenvalue weighted by molar-refractivity contribution is -0.117. The molecule has 1 heterocycles. The van der Waals surface area contributed by atoms with Gasteiger partial charge in [-0.15, -0.1) is 0 Å². The van der Waals surface area contributed by atoms with Crippen LogP contribution in [0.2, 0.25) is 0 Å². The molecule has 1 aromatic heterocycles. The van der Waals surface area contributed by atoms with Crippen molar-refractivity contribution in [2.45, 2.75) is 19.8 Å². The summed E-state index contributed by atoms with van der Waals surface area (Å²) in [6.07, 6.45) is 6.47. The molecular formula is C17H17NO. The molecule has 0 N–H and O–H groups in total. The second-order valence-electron chi connectivity index (χ2n) is 4.56. The van der Waals surface area contributed by atoms with Crippen LogP contribution in [0, 0.1) is 6.92 Å². The molecule has 0 aliphatic heterocycles. The molecule has 96 valence electrons. The Morgan fingerprint density at radius 1 is 1.21 bits per heavy atom. The van der Waals surface area contributed by atoms with Gasteiger partial charge in [-0.05, 0) is 24.6 Å². The van der Waals surface area contributed by atoms with E-state index in [2.05, 4.69) is 24.0 Å². The van der Waals surface area contributed by atoms with Crippen LogP contribution >= 0.6 is 0 Å². The van der Waals surface area contributed by atoms with E-state index in [9.17, 15) is 4.79 Å². The average Bonchev–Trinajstić information content (AvgIpc) is 2.40. The molecule has 2 rings (SSSR count). The van der Waals surface area contributed by atoms with Gasteiger partial charge >= 0.3 is 0 Å². The fraction of sp³-hybridized carbons (Fsp3) is 0.176. The summed E-state index contributed by atoms with van der Waals surface area (Å²) in [4.78, 5) is 15.9. The molecule has 2 nitrogen and oxygen atoms in total. The quantitative estimate of drug-likeness (QED) is 0.812. The number of aryl methyl sites for hydroxylation is 1. The molecule has 0 amide bonds. The molecule has 0 saturated heterocycles. The summed E-state index contributed by atoms with van der Waals surface area (Å²) in [6.45, 7) is 2.06. The van der Waals surface area contributed by atoms with Gasteiger partial charge in [-0.2, -0.15) is 0 Å². The molecule has 0 spiro atoms. The van der Waals surface area contributed by atoms with Gasteiger partial charge in [-0.25, -0.2) is 0 Å². The molecule has 0 radical (unpaired) electrons. The van der Waals surface area contributed by atoms with Crippen molar-refractivity contribution in [1.29, 1.82) is 0 Å². The summed E-state index contributed by atoms with van der Waals surface area (Å²) in [6, 6.07) is 13.8. The molecule has 0 fully saturated rings. The van der Waals surface area contributed by atoms with E-state index in [4.69, 9.17) is 0 Å². The van der Waals surface area contributed by atoms with Gasteiger partial charge in [-0.1, -0.05) is 48.0 Å². The number of hydrogen-bond acceptors (Lipinski definition) is 2. The second kappa shape index (κ2) is 6.64. The summed E-state index contributed by atoms with van der Waals surface area (Å²) in [5, 5.41) is 0. The lowest BCUT2D eigenvalue weighted by Gasteiger charge is -1.98. The number of aromatic nitrogens is 1. The van der Waals surface area contributed by atoms with Crippen molar-refractivity contribution < 1.29 is 4.79 Å². The maximum atomic E-state index is 11.8. The number of Topliss-reactive ketones (excluding diaryl/α,β-unsaturated/α-hetero) is 1. The van der Waals surface area contributed by atoms with Crippen LogP contribution in [0.15, 0.2) is 54.7 Å². The van der Waals surface area contributed by atoms with Crippen LogP contribution in [-0.2, 0) is 11.2 Å². The minimum Gasteiger partial charge on any atom is -0.299 e. The molecule has 2 aromatic rings. The smallest absolute Gasteiger partial charge is 0.142 e. The monoisotopic (exact) mass is 251 g/mol. The zero-order chi connectivity index (χ0) is 13.5. The topological polar surface area (TPSA) is 30.0 Å². The normalized spacial score (nSPS) is 10.8. The molecule has 19 heavy (non-hydrogen) atoms. The molecule has 0 aliphatic carbocycles. The summed E-state index contributed by atoms with van der Waals surface area (Å²) >= 11 is 0. The van der Waals surface area contributed by atoms with Crippen LogP contribution in [0.3, 0.4) is 0 Å². The molecule has 0 saturated carbocycles. The summed E-state index contributed by atoms with van der Waals surface area (Å²) in [5.41, 5.74) is 3.18. The number of rotatable bonds is 5.